The molecule has 150 valence electrons. The lowest BCUT2D eigenvalue weighted by atomic mass is 10.1. The minimum absolute atomic E-state index is 0.0632. The van der Waals surface area contributed by atoms with E-state index in [1.54, 1.807) is 6.92 Å². The van der Waals surface area contributed by atoms with Crippen LogP contribution in [0.4, 0.5) is 14.5 Å². The second-order valence-corrected chi connectivity index (χ2v) is 6.78. The second kappa shape index (κ2) is 7.51. The summed E-state index contributed by atoms with van der Waals surface area (Å²) < 4.78 is 31.6. The van der Waals surface area contributed by atoms with E-state index in [1.165, 1.54) is 54.6 Å². The molecule has 0 aromatic heterocycles. The number of amides is 2. The van der Waals surface area contributed by atoms with Crippen molar-refractivity contribution in [2.45, 2.75) is 13.0 Å². The summed E-state index contributed by atoms with van der Waals surface area (Å²) in [6.07, 6.45) is -0.639. The van der Waals surface area contributed by atoms with Crippen LogP contribution in [0.3, 0.4) is 0 Å². The molecule has 2 amide bonds. The minimum Gasteiger partial charge on any atom is -0.454 e. The number of carbonyl (C=O) groups excluding carboxylic acids is 3. The highest BCUT2D eigenvalue weighted by Crippen LogP contribution is 2.30. The number of imide groups is 1. The third-order valence-electron chi connectivity index (χ3n) is 4.83. The molecule has 0 saturated heterocycles. The Balaban J connectivity index is 1.57. The summed E-state index contributed by atoms with van der Waals surface area (Å²) >= 11 is 0. The van der Waals surface area contributed by atoms with Crippen molar-refractivity contribution in [2.24, 2.45) is 0 Å². The molecule has 0 fully saturated rings. The van der Waals surface area contributed by atoms with Crippen LogP contribution in [0, 0.1) is 11.6 Å². The summed E-state index contributed by atoms with van der Waals surface area (Å²) in [4.78, 5) is 38.9. The molecule has 0 N–H and O–H groups in total. The van der Waals surface area contributed by atoms with Gasteiger partial charge in [0.15, 0.2) is 0 Å². The third kappa shape index (κ3) is 3.45. The highest BCUT2D eigenvalue weighted by atomic mass is 19.1. The van der Waals surface area contributed by atoms with E-state index in [4.69, 9.17) is 4.74 Å². The average molecular weight is 407 g/mol. The van der Waals surface area contributed by atoms with E-state index in [0.717, 1.165) is 17.0 Å². The number of hydrogen-bond acceptors (Lipinski definition) is 4. The molecule has 1 aliphatic heterocycles. The maximum absolute atomic E-state index is 13.2. The van der Waals surface area contributed by atoms with Gasteiger partial charge in [-0.2, -0.15) is 0 Å². The van der Waals surface area contributed by atoms with Crippen LogP contribution < -0.4 is 4.90 Å². The van der Waals surface area contributed by atoms with E-state index >= 15 is 0 Å². The van der Waals surface area contributed by atoms with E-state index < -0.39 is 35.5 Å². The van der Waals surface area contributed by atoms with Crippen LogP contribution in [0.5, 0.6) is 0 Å². The smallest absolute Gasteiger partial charge is 0.338 e. The largest absolute Gasteiger partial charge is 0.454 e. The predicted molar refractivity (Wildman–Crippen MR) is 104 cm³/mol. The third-order valence-corrected chi connectivity index (χ3v) is 4.83. The predicted octanol–water partition coefficient (Wildman–Crippen LogP) is 4.68. The van der Waals surface area contributed by atoms with Crippen molar-refractivity contribution in [1.82, 2.24) is 0 Å². The van der Waals surface area contributed by atoms with E-state index in [0.29, 0.717) is 5.56 Å². The first kappa shape index (κ1) is 19.4. The topological polar surface area (TPSA) is 63.7 Å². The Hall–Kier alpha value is -3.87. The zero-order valence-electron chi connectivity index (χ0n) is 15.8. The molecule has 3 aromatic rings. The van der Waals surface area contributed by atoms with Crippen LogP contribution in [0.2, 0.25) is 0 Å². The molecule has 4 rings (SSSR count). The molecule has 0 bridgehead atoms. The Kier molecular flexibility index (Phi) is 4.87. The molecule has 0 spiro atoms. The van der Waals surface area contributed by atoms with Crippen molar-refractivity contribution in [2.75, 3.05) is 4.90 Å². The lowest BCUT2D eigenvalue weighted by molar-refractivity contribution is 0.0337. The number of fused-ring (bicyclic) bond motifs is 1. The van der Waals surface area contributed by atoms with Crippen molar-refractivity contribution in [3.05, 3.63) is 101 Å². The average Bonchev–Trinajstić information content (AvgIpc) is 2.99. The van der Waals surface area contributed by atoms with Crippen LogP contribution in [0.1, 0.15) is 49.7 Å². The van der Waals surface area contributed by atoms with Crippen LogP contribution in [-0.4, -0.2) is 17.8 Å². The van der Waals surface area contributed by atoms with Crippen LogP contribution in [0.25, 0.3) is 0 Å². The molecule has 1 heterocycles. The number of hydrogen-bond donors (Lipinski definition) is 0. The van der Waals surface area contributed by atoms with Crippen molar-refractivity contribution in [3.63, 3.8) is 0 Å². The Bertz CT molecular complexity index is 1160. The fourth-order valence-electron chi connectivity index (χ4n) is 3.22. The molecule has 0 saturated carbocycles. The standard InChI is InChI=1S/C23H15F2NO4/c1-13(14-2-5-16(24)6-3-14)30-23(29)15-4-11-19-20(12-15)22(28)26(21(19)27)18-9-7-17(25)8-10-18/h2-13H,1H3/t13-/m0/s1. The molecule has 0 unspecified atom stereocenters. The molecule has 1 atom stereocenters. The maximum atomic E-state index is 13.2. The van der Waals surface area contributed by atoms with Crippen molar-refractivity contribution in [3.8, 4) is 0 Å². The van der Waals surface area contributed by atoms with Gasteiger partial charge < -0.3 is 4.74 Å². The Morgan fingerprint density at radius 3 is 2.03 bits per heavy atom. The van der Waals surface area contributed by atoms with Gasteiger partial charge >= 0.3 is 5.97 Å². The second-order valence-electron chi connectivity index (χ2n) is 6.78. The van der Waals surface area contributed by atoms with Gasteiger partial charge in [-0.15, -0.1) is 0 Å². The van der Waals surface area contributed by atoms with Gasteiger partial charge in [0.05, 0.1) is 22.4 Å². The van der Waals surface area contributed by atoms with E-state index in [-0.39, 0.29) is 22.4 Å². The number of nitrogens with zero attached hydrogens (tertiary/aromatic N) is 1. The van der Waals surface area contributed by atoms with Crippen LogP contribution >= 0.6 is 0 Å². The van der Waals surface area contributed by atoms with E-state index in [1.807, 2.05) is 0 Å². The first-order chi connectivity index (χ1) is 14.3. The molecular weight excluding hydrogens is 392 g/mol. The number of ether oxygens (including phenoxy) is 1. The lowest BCUT2D eigenvalue weighted by Crippen LogP contribution is -2.29. The fourth-order valence-corrected chi connectivity index (χ4v) is 3.22. The number of esters is 1. The van der Waals surface area contributed by atoms with Crippen molar-refractivity contribution in [1.29, 1.82) is 0 Å². The molecule has 30 heavy (non-hydrogen) atoms. The Labute approximate surface area is 170 Å². The summed E-state index contributed by atoms with van der Waals surface area (Å²) in [5.74, 6) is -2.74. The van der Waals surface area contributed by atoms with E-state index in [9.17, 15) is 23.2 Å². The SMILES string of the molecule is C[C@H](OC(=O)c1ccc2c(c1)C(=O)N(c1ccc(F)cc1)C2=O)c1ccc(F)cc1. The normalized spacial score (nSPS) is 13.9. The molecule has 1 aliphatic rings. The Morgan fingerprint density at radius 2 is 1.40 bits per heavy atom. The Morgan fingerprint density at radius 1 is 0.833 bits per heavy atom. The number of anilines is 1. The van der Waals surface area contributed by atoms with Gasteiger partial charge in [-0.05, 0) is 67.1 Å². The first-order valence-electron chi connectivity index (χ1n) is 9.10. The van der Waals surface area contributed by atoms with Crippen molar-refractivity contribution < 1.29 is 27.9 Å². The van der Waals surface area contributed by atoms with E-state index in [2.05, 4.69) is 0 Å². The van der Waals surface area contributed by atoms with Crippen LogP contribution in [-0.2, 0) is 4.74 Å². The summed E-state index contributed by atoms with van der Waals surface area (Å²) in [5, 5.41) is 0. The van der Waals surface area contributed by atoms with Gasteiger partial charge in [0.25, 0.3) is 11.8 Å². The molecule has 7 heteroatoms. The fraction of sp³-hybridized carbons (Fsp3) is 0.0870. The molecule has 5 nitrogen and oxygen atoms in total. The zero-order valence-corrected chi connectivity index (χ0v) is 15.8. The quantitative estimate of drug-likeness (QED) is 0.465. The van der Waals surface area contributed by atoms with Crippen LogP contribution in [0.15, 0.2) is 66.7 Å². The number of carbonyl (C=O) groups is 3. The molecule has 3 aromatic carbocycles. The highest BCUT2D eigenvalue weighted by molar-refractivity contribution is 6.34. The lowest BCUT2D eigenvalue weighted by Gasteiger charge is -2.14. The zero-order chi connectivity index (χ0) is 21.4. The van der Waals surface area contributed by atoms with Gasteiger partial charge in [-0.3, -0.25) is 9.59 Å². The summed E-state index contributed by atoms with van der Waals surface area (Å²) in [6.45, 7) is 1.64. The van der Waals surface area contributed by atoms with Gasteiger partial charge in [-0.1, -0.05) is 12.1 Å². The van der Waals surface area contributed by atoms with Gasteiger partial charge in [0.1, 0.15) is 17.7 Å². The number of benzene rings is 3. The van der Waals surface area contributed by atoms with Crippen molar-refractivity contribution >= 4 is 23.5 Å². The summed E-state index contributed by atoms with van der Waals surface area (Å²) in [5.41, 5.74) is 1.15. The van der Waals surface area contributed by atoms with Gasteiger partial charge in [0.2, 0.25) is 0 Å². The number of rotatable bonds is 4. The highest BCUT2D eigenvalue weighted by Gasteiger charge is 2.37. The van der Waals surface area contributed by atoms with Gasteiger partial charge in [0, 0.05) is 0 Å². The summed E-state index contributed by atoms with van der Waals surface area (Å²) in [6, 6.07) is 14.6. The maximum Gasteiger partial charge on any atom is 0.338 e. The molecular formula is C23H15F2NO4. The summed E-state index contributed by atoms with van der Waals surface area (Å²) in [7, 11) is 0. The molecule has 0 radical (unpaired) electrons. The minimum atomic E-state index is -0.685. The monoisotopic (exact) mass is 407 g/mol. The molecule has 0 aliphatic carbocycles. The number of halogens is 2. The first-order valence-corrected chi connectivity index (χ1v) is 9.10. The van der Waals surface area contributed by atoms with Gasteiger partial charge in [-0.25, -0.2) is 18.5 Å².